The van der Waals surface area contributed by atoms with E-state index in [9.17, 15) is 9.59 Å². The fraction of sp³-hybridized carbons (Fsp3) is 0.545. The van der Waals surface area contributed by atoms with E-state index in [1.165, 1.54) is 30.6 Å². The Morgan fingerprint density at radius 1 is 1.38 bits per heavy atom. The highest BCUT2D eigenvalue weighted by atomic mass is 32.1. The van der Waals surface area contributed by atoms with Crippen molar-refractivity contribution in [2.24, 2.45) is 5.92 Å². The van der Waals surface area contributed by atoms with Crippen LogP contribution in [0.1, 0.15) is 38.5 Å². The number of anilines is 2. The fourth-order valence-electron chi connectivity index (χ4n) is 4.53. The van der Waals surface area contributed by atoms with E-state index in [2.05, 4.69) is 10.3 Å². The SMILES string of the molecule is CN(C(=S)N1CCN([C@@H](CC2CCCCC2)C(=O)Nc2nccs2)C(=O)C1)c1ccco1. The number of rotatable bonds is 6. The summed E-state index contributed by atoms with van der Waals surface area (Å²) in [6.07, 6.45) is 9.83. The first-order chi connectivity index (χ1) is 15.5. The van der Waals surface area contributed by atoms with Crippen LogP contribution in [0.4, 0.5) is 11.0 Å². The lowest BCUT2D eigenvalue weighted by Crippen LogP contribution is -2.59. The average Bonchev–Trinajstić information content (AvgIpc) is 3.52. The van der Waals surface area contributed by atoms with Crippen molar-refractivity contribution < 1.29 is 14.0 Å². The molecular formula is C22H29N5O3S2. The molecule has 0 radical (unpaired) electrons. The zero-order chi connectivity index (χ0) is 22.5. The molecule has 1 saturated carbocycles. The molecule has 2 fully saturated rings. The molecule has 1 atom stereocenters. The lowest BCUT2D eigenvalue weighted by Gasteiger charge is -2.41. The van der Waals surface area contributed by atoms with E-state index in [0.717, 1.165) is 12.8 Å². The molecule has 2 aromatic rings. The summed E-state index contributed by atoms with van der Waals surface area (Å²) < 4.78 is 5.42. The van der Waals surface area contributed by atoms with Crippen molar-refractivity contribution in [2.75, 3.05) is 36.9 Å². The van der Waals surface area contributed by atoms with Crippen LogP contribution >= 0.6 is 23.6 Å². The Morgan fingerprint density at radius 2 is 2.19 bits per heavy atom. The number of aromatic nitrogens is 1. The van der Waals surface area contributed by atoms with Gasteiger partial charge in [0.15, 0.2) is 10.2 Å². The van der Waals surface area contributed by atoms with Gasteiger partial charge in [-0.1, -0.05) is 32.1 Å². The van der Waals surface area contributed by atoms with Gasteiger partial charge in [0.25, 0.3) is 0 Å². The molecule has 1 aliphatic heterocycles. The number of furan rings is 1. The molecule has 8 nitrogen and oxygen atoms in total. The van der Waals surface area contributed by atoms with Gasteiger partial charge >= 0.3 is 0 Å². The van der Waals surface area contributed by atoms with Crippen LogP contribution in [0, 0.1) is 5.92 Å². The van der Waals surface area contributed by atoms with Gasteiger partial charge in [0.2, 0.25) is 17.7 Å². The molecule has 0 unspecified atom stereocenters. The first-order valence-corrected chi connectivity index (χ1v) is 12.4. The molecule has 32 heavy (non-hydrogen) atoms. The molecule has 0 aromatic carbocycles. The zero-order valence-electron chi connectivity index (χ0n) is 18.2. The van der Waals surface area contributed by atoms with Crippen LogP contribution < -0.4 is 10.2 Å². The van der Waals surface area contributed by atoms with Gasteiger partial charge in [-0.3, -0.25) is 14.5 Å². The van der Waals surface area contributed by atoms with Crippen LogP contribution in [-0.2, 0) is 9.59 Å². The predicted octanol–water partition coefficient (Wildman–Crippen LogP) is 3.58. The fourth-order valence-corrected chi connectivity index (χ4v) is 5.31. The van der Waals surface area contributed by atoms with Gasteiger partial charge in [-0.05, 0) is 30.6 Å². The van der Waals surface area contributed by atoms with Gasteiger partial charge < -0.3 is 19.5 Å². The third-order valence-electron chi connectivity index (χ3n) is 6.27. The van der Waals surface area contributed by atoms with E-state index in [1.807, 2.05) is 23.4 Å². The van der Waals surface area contributed by atoms with E-state index in [1.54, 1.807) is 28.3 Å². The lowest BCUT2D eigenvalue weighted by molar-refractivity contribution is -0.142. The largest absolute Gasteiger partial charge is 0.448 e. The van der Waals surface area contributed by atoms with Crippen molar-refractivity contribution in [1.29, 1.82) is 0 Å². The molecule has 0 spiro atoms. The van der Waals surface area contributed by atoms with Crippen LogP contribution in [0.5, 0.6) is 0 Å². The standard InChI is InChI=1S/C22H29N5O3S2/c1-25(19-8-5-12-30-19)22(31)26-10-11-27(18(28)15-26)17(14-16-6-3-2-4-7-16)20(29)24-21-23-9-13-32-21/h5,8-9,12-13,16-17H,2-4,6-7,10-11,14-15H2,1H3,(H,23,24,29)/t17-/m0/s1. The Balaban J connectivity index is 1.44. The first-order valence-electron chi connectivity index (χ1n) is 11.1. The summed E-state index contributed by atoms with van der Waals surface area (Å²) >= 11 is 6.98. The van der Waals surface area contributed by atoms with Gasteiger partial charge in [0.1, 0.15) is 6.04 Å². The summed E-state index contributed by atoms with van der Waals surface area (Å²) in [6, 6.07) is 3.13. The minimum atomic E-state index is -0.493. The second-order valence-corrected chi connectivity index (χ2v) is 9.64. The third-order valence-corrected chi connectivity index (χ3v) is 7.49. The van der Waals surface area contributed by atoms with Crippen molar-refractivity contribution in [2.45, 2.75) is 44.6 Å². The molecular weight excluding hydrogens is 446 g/mol. The van der Waals surface area contributed by atoms with E-state index < -0.39 is 6.04 Å². The van der Waals surface area contributed by atoms with E-state index in [0.29, 0.717) is 41.6 Å². The highest BCUT2D eigenvalue weighted by molar-refractivity contribution is 7.80. The topological polar surface area (TPSA) is 81.9 Å². The van der Waals surface area contributed by atoms with Crippen LogP contribution in [0.2, 0.25) is 0 Å². The van der Waals surface area contributed by atoms with Crippen molar-refractivity contribution >= 4 is 51.5 Å². The molecule has 2 aromatic heterocycles. The Labute approximate surface area is 197 Å². The summed E-state index contributed by atoms with van der Waals surface area (Å²) in [5.41, 5.74) is 0. The molecule has 1 N–H and O–H groups in total. The van der Waals surface area contributed by atoms with Gasteiger partial charge in [0.05, 0.1) is 12.8 Å². The minimum absolute atomic E-state index is 0.0819. The number of carbonyl (C=O) groups is 2. The molecule has 10 heteroatoms. The van der Waals surface area contributed by atoms with Gasteiger partial charge in [-0.15, -0.1) is 11.3 Å². The molecule has 172 valence electrons. The number of nitrogens with zero attached hydrogens (tertiary/aromatic N) is 4. The quantitative estimate of drug-likeness (QED) is 0.640. The number of amides is 2. The molecule has 1 aliphatic carbocycles. The van der Waals surface area contributed by atoms with Crippen LogP contribution in [0.3, 0.4) is 0 Å². The molecule has 3 heterocycles. The summed E-state index contributed by atoms with van der Waals surface area (Å²) in [5.74, 6) is 0.861. The number of nitrogens with one attached hydrogen (secondary N) is 1. The van der Waals surface area contributed by atoms with Crippen LogP contribution in [-0.4, -0.2) is 64.4 Å². The van der Waals surface area contributed by atoms with E-state index in [4.69, 9.17) is 16.6 Å². The maximum atomic E-state index is 13.2. The van der Waals surface area contributed by atoms with Crippen molar-refractivity contribution in [3.05, 3.63) is 30.0 Å². The number of thiazole rings is 1. The number of hydrogen-bond donors (Lipinski definition) is 1. The van der Waals surface area contributed by atoms with Gasteiger partial charge in [-0.25, -0.2) is 4.98 Å². The minimum Gasteiger partial charge on any atom is -0.448 e. The maximum Gasteiger partial charge on any atom is 0.248 e. The smallest absolute Gasteiger partial charge is 0.248 e. The van der Waals surface area contributed by atoms with Crippen LogP contribution in [0.15, 0.2) is 34.4 Å². The van der Waals surface area contributed by atoms with Crippen molar-refractivity contribution in [3.63, 3.8) is 0 Å². The maximum absolute atomic E-state index is 13.2. The Kier molecular flexibility index (Phi) is 7.41. The van der Waals surface area contributed by atoms with Gasteiger partial charge in [0, 0.05) is 37.8 Å². The molecule has 1 saturated heterocycles. The predicted molar refractivity (Wildman–Crippen MR) is 129 cm³/mol. The summed E-state index contributed by atoms with van der Waals surface area (Å²) in [6.45, 7) is 1.17. The van der Waals surface area contributed by atoms with Crippen molar-refractivity contribution in [1.82, 2.24) is 14.8 Å². The zero-order valence-corrected chi connectivity index (χ0v) is 19.9. The monoisotopic (exact) mass is 475 g/mol. The number of carbonyl (C=O) groups excluding carboxylic acids is 2. The highest BCUT2D eigenvalue weighted by Gasteiger charge is 2.37. The summed E-state index contributed by atoms with van der Waals surface area (Å²) in [5, 5.41) is 5.84. The Morgan fingerprint density at radius 3 is 2.84 bits per heavy atom. The van der Waals surface area contributed by atoms with Gasteiger partial charge in [-0.2, -0.15) is 0 Å². The van der Waals surface area contributed by atoms with Crippen molar-refractivity contribution in [3.8, 4) is 0 Å². The normalized spacial score (nSPS) is 18.5. The molecule has 2 amide bonds. The highest BCUT2D eigenvalue weighted by Crippen LogP contribution is 2.30. The summed E-state index contributed by atoms with van der Waals surface area (Å²) in [7, 11) is 1.82. The Hall–Kier alpha value is -2.46. The third kappa shape index (κ3) is 5.29. The lowest BCUT2D eigenvalue weighted by atomic mass is 9.84. The number of hydrogen-bond acceptors (Lipinski definition) is 6. The second-order valence-electron chi connectivity index (χ2n) is 8.38. The molecule has 2 aliphatic rings. The average molecular weight is 476 g/mol. The molecule has 0 bridgehead atoms. The summed E-state index contributed by atoms with van der Waals surface area (Å²) in [4.78, 5) is 35.9. The van der Waals surface area contributed by atoms with E-state index in [-0.39, 0.29) is 18.4 Å². The second kappa shape index (κ2) is 10.4. The Bertz CT molecular complexity index is 912. The first kappa shape index (κ1) is 22.7. The van der Waals surface area contributed by atoms with Crippen LogP contribution in [0.25, 0.3) is 0 Å². The number of piperazine rings is 1. The molecule has 4 rings (SSSR count). The number of thiocarbonyl (C=S) groups is 1. The van der Waals surface area contributed by atoms with E-state index >= 15 is 0 Å².